The molecule has 0 spiro atoms. The van der Waals surface area contributed by atoms with E-state index < -0.39 is 6.03 Å². The molecule has 136 valence electrons. The van der Waals surface area contributed by atoms with Crippen molar-refractivity contribution in [2.24, 2.45) is 11.7 Å². The molecular weight excluding hydrogens is 316 g/mol. The van der Waals surface area contributed by atoms with Crippen molar-refractivity contribution < 1.29 is 9.59 Å². The van der Waals surface area contributed by atoms with E-state index in [1.165, 1.54) is 5.56 Å². The maximum atomic E-state index is 12.7. The van der Waals surface area contributed by atoms with Crippen LogP contribution >= 0.6 is 0 Å². The van der Waals surface area contributed by atoms with Crippen LogP contribution in [-0.4, -0.2) is 72.5 Å². The number of primary amides is 1. The molecule has 1 atom stereocenters. The Bertz CT molecular complexity index is 584. The van der Waals surface area contributed by atoms with E-state index in [0.29, 0.717) is 13.1 Å². The fourth-order valence-electron chi connectivity index (χ4n) is 3.76. The lowest BCUT2D eigenvalue weighted by atomic mass is 9.96. The number of piperidine rings is 1. The number of likely N-dealkylation sites (tertiary alicyclic amines) is 1. The van der Waals surface area contributed by atoms with E-state index in [-0.39, 0.29) is 11.8 Å². The maximum Gasteiger partial charge on any atom is 0.314 e. The zero-order valence-corrected chi connectivity index (χ0v) is 14.8. The van der Waals surface area contributed by atoms with Crippen LogP contribution in [0.1, 0.15) is 18.4 Å². The summed E-state index contributed by atoms with van der Waals surface area (Å²) in [5, 5.41) is 0. The molecule has 2 aliphatic heterocycles. The van der Waals surface area contributed by atoms with Gasteiger partial charge < -0.3 is 15.5 Å². The zero-order valence-electron chi connectivity index (χ0n) is 14.8. The molecule has 1 aromatic rings. The Balaban J connectivity index is 1.43. The number of carbonyl (C=O) groups excluding carboxylic acids is 2. The van der Waals surface area contributed by atoms with Gasteiger partial charge in [0.1, 0.15) is 0 Å². The lowest BCUT2D eigenvalue weighted by Crippen LogP contribution is -2.53. The molecule has 2 aliphatic rings. The van der Waals surface area contributed by atoms with Crippen LogP contribution in [0, 0.1) is 5.92 Å². The molecule has 6 heteroatoms. The summed E-state index contributed by atoms with van der Waals surface area (Å²) >= 11 is 0. The van der Waals surface area contributed by atoms with Gasteiger partial charge in [0.25, 0.3) is 0 Å². The first kappa shape index (κ1) is 17.7. The molecule has 25 heavy (non-hydrogen) atoms. The van der Waals surface area contributed by atoms with Crippen molar-refractivity contribution >= 4 is 11.9 Å². The first-order valence-corrected chi connectivity index (χ1v) is 9.23. The first-order valence-electron chi connectivity index (χ1n) is 9.23. The molecular formula is C19H28N4O2. The molecule has 3 amide bonds. The molecule has 3 rings (SSSR count). The Labute approximate surface area is 149 Å². The lowest BCUT2D eigenvalue weighted by molar-refractivity contribution is -0.138. The van der Waals surface area contributed by atoms with Gasteiger partial charge in [-0.3, -0.25) is 9.69 Å². The molecule has 2 saturated heterocycles. The Kier molecular flexibility index (Phi) is 5.91. The number of nitrogens with two attached hydrogens (primary N) is 1. The van der Waals surface area contributed by atoms with Crippen LogP contribution in [0.5, 0.6) is 0 Å². The standard InChI is InChI=1S/C19H28N4O2/c20-19(25)23-9-4-7-17(15-23)18(24)22-13-11-21(12-14-22)10-8-16-5-2-1-3-6-16/h1-3,5-6,17H,4,7-15H2,(H2,20,25). The minimum absolute atomic E-state index is 0.0860. The fourth-order valence-corrected chi connectivity index (χ4v) is 3.76. The normalized spacial score (nSPS) is 22.0. The molecule has 0 aliphatic carbocycles. The minimum atomic E-state index is -0.414. The Hall–Kier alpha value is -2.08. The number of urea groups is 1. The summed E-state index contributed by atoms with van der Waals surface area (Å²) in [7, 11) is 0. The largest absolute Gasteiger partial charge is 0.351 e. The van der Waals surface area contributed by atoms with Gasteiger partial charge in [-0.2, -0.15) is 0 Å². The van der Waals surface area contributed by atoms with Gasteiger partial charge >= 0.3 is 6.03 Å². The third-order valence-electron chi connectivity index (χ3n) is 5.33. The smallest absolute Gasteiger partial charge is 0.314 e. The molecule has 0 aromatic heterocycles. The molecule has 2 fully saturated rings. The molecule has 6 nitrogen and oxygen atoms in total. The van der Waals surface area contributed by atoms with E-state index in [1.807, 2.05) is 11.0 Å². The molecule has 0 bridgehead atoms. The van der Waals surface area contributed by atoms with E-state index in [2.05, 4.69) is 29.2 Å². The van der Waals surface area contributed by atoms with Crippen LogP contribution in [-0.2, 0) is 11.2 Å². The van der Waals surface area contributed by atoms with E-state index in [4.69, 9.17) is 5.73 Å². The summed E-state index contributed by atoms with van der Waals surface area (Å²) < 4.78 is 0. The van der Waals surface area contributed by atoms with Crippen molar-refractivity contribution in [3.63, 3.8) is 0 Å². The topological polar surface area (TPSA) is 69.9 Å². The molecule has 2 N–H and O–H groups in total. The molecule has 1 aromatic carbocycles. The summed E-state index contributed by atoms with van der Waals surface area (Å²) in [6.07, 6.45) is 2.76. The summed E-state index contributed by atoms with van der Waals surface area (Å²) in [4.78, 5) is 30.1. The number of piperazine rings is 1. The third-order valence-corrected chi connectivity index (χ3v) is 5.33. The number of rotatable bonds is 4. The molecule has 0 radical (unpaired) electrons. The van der Waals surface area contributed by atoms with E-state index in [1.54, 1.807) is 4.90 Å². The van der Waals surface area contributed by atoms with Crippen molar-refractivity contribution in [1.29, 1.82) is 0 Å². The van der Waals surface area contributed by atoms with Crippen LogP contribution in [0.4, 0.5) is 4.79 Å². The molecule has 1 unspecified atom stereocenters. The molecule has 0 saturated carbocycles. The van der Waals surface area contributed by atoms with Gasteiger partial charge in [0, 0.05) is 45.8 Å². The highest BCUT2D eigenvalue weighted by Gasteiger charge is 2.31. The second-order valence-electron chi connectivity index (χ2n) is 7.03. The Morgan fingerprint density at radius 3 is 2.40 bits per heavy atom. The highest BCUT2D eigenvalue weighted by molar-refractivity contribution is 5.80. The van der Waals surface area contributed by atoms with Gasteiger partial charge in [-0.25, -0.2) is 4.79 Å². The highest BCUT2D eigenvalue weighted by Crippen LogP contribution is 2.19. The monoisotopic (exact) mass is 344 g/mol. The van der Waals surface area contributed by atoms with Crippen LogP contribution in [0.25, 0.3) is 0 Å². The van der Waals surface area contributed by atoms with Crippen LogP contribution in [0.2, 0.25) is 0 Å². The van der Waals surface area contributed by atoms with E-state index in [9.17, 15) is 9.59 Å². The second-order valence-corrected chi connectivity index (χ2v) is 7.03. The minimum Gasteiger partial charge on any atom is -0.351 e. The van der Waals surface area contributed by atoms with Gasteiger partial charge in [0.15, 0.2) is 0 Å². The van der Waals surface area contributed by atoms with Gasteiger partial charge in [-0.15, -0.1) is 0 Å². The van der Waals surface area contributed by atoms with E-state index in [0.717, 1.165) is 52.0 Å². The Morgan fingerprint density at radius 2 is 1.72 bits per heavy atom. The number of hydrogen-bond donors (Lipinski definition) is 1. The van der Waals surface area contributed by atoms with Crippen LogP contribution < -0.4 is 5.73 Å². The molecule has 2 heterocycles. The summed E-state index contributed by atoms with van der Waals surface area (Å²) in [6.45, 7) is 5.58. The number of benzene rings is 1. The number of amides is 3. The zero-order chi connectivity index (χ0) is 17.6. The fraction of sp³-hybridized carbons (Fsp3) is 0.579. The summed E-state index contributed by atoms with van der Waals surface area (Å²) in [5.41, 5.74) is 6.72. The van der Waals surface area contributed by atoms with Crippen molar-refractivity contribution in [2.75, 3.05) is 45.8 Å². The van der Waals surface area contributed by atoms with Gasteiger partial charge in [-0.1, -0.05) is 30.3 Å². The highest BCUT2D eigenvalue weighted by atomic mass is 16.2. The maximum absolute atomic E-state index is 12.7. The van der Waals surface area contributed by atoms with Gasteiger partial charge in [0.2, 0.25) is 5.91 Å². The van der Waals surface area contributed by atoms with Crippen molar-refractivity contribution in [1.82, 2.24) is 14.7 Å². The number of hydrogen-bond acceptors (Lipinski definition) is 3. The number of nitrogens with zero attached hydrogens (tertiary/aromatic N) is 3. The Morgan fingerprint density at radius 1 is 1.00 bits per heavy atom. The average Bonchev–Trinajstić information content (AvgIpc) is 2.67. The quantitative estimate of drug-likeness (QED) is 0.891. The third kappa shape index (κ3) is 4.72. The van der Waals surface area contributed by atoms with E-state index >= 15 is 0 Å². The first-order chi connectivity index (χ1) is 12.1. The van der Waals surface area contributed by atoms with Gasteiger partial charge in [0.05, 0.1) is 5.92 Å². The van der Waals surface area contributed by atoms with Crippen molar-refractivity contribution in [3.05, 3.63) is 35.9 Å². The van der Waals surface area contributed by atoms with Crippen LogP contribution in [0.3, 0.4) is 0 Å². The predicted octanol–water partition coefficient (Wildman–Crippen LogP) is 1.16. The SMILES string of the molecule is NC(=O)N1CCCC(C(=O)N2CCN(CCc3ccccc3)CC2)C1. The second kappa shape index (κ2) is 8.34. The number of carbonyl (C=O) groups is 2. The predicted molar refractivity (Wildman–Crippen MR) is 97.0 cm³/mol. The van der Waals surface area contributed by atoms with Crippen molar-refractivity contribution in [2.45, 2.75) is 19.3 Å². The lowest BCUT2D eigenvalue weighted by Gasteiger charge is -2.38. The average molecular weight is 344 g/mol. The van der Waals surface area contributed by atoms with Crippen LogP contribution in [0.15, 0.2) is 30.3 Å². The van der Waals surface area contributed by atoms with Gasteiger partial charge in [-0.05, 0) is 24.8 Å². The van der Waals surface area contributed by atoms with Crippen molar-refractivity contribution in [3.8, 4) is 0 Å². The summed E-state index contributed by atoms with van der Waals surface area (Å²) in [6, 6.07) is 10.1. The summed E-state index contributed by atoms with van der Waals surface area (Å²) in [5.74, 6) is 0.103.